The molecular weight excluding hydrogens is 536 g/mol. The molecule has 226 valence electrons. The molecule has 1 aliphatic carbocycles. The summed E-state index contributed by atoms with van der Waals surface area (Å²) < 4.78 is 11.5. The first-order chi connectivity index (χ1) is 20.2. The molecule has 2 heterocycles. The smallest absolute Gasteiger partial charge is 0.330 e. The van der Waals surface area contributed by atoms with E-state index in [1.807, 2.05) is 49.4 Å². The molecule has 1 saturated carbocycles. The van der Waals surface area contributed by atoms with Gasteiger partial charge in [0.15, 0.2) is 0 Å². The van der Waals surface area contributed by atoms with E-state index >= 15 is 0 Å². The van der Waals surface area contributed by atoms with E-state index < -0.39 is 35.6 Å². The number of aliphatic carboxylic acids is 1. The molecule has 2 fully saturated rings. The number of ether oxygens (including phenoxy) is 2. The summed E-state index contributed by atoms with van der Waals surface area (Å²) in [5.74, 6) is -1.10. The molecule has 0 spiro atoms. The monoisotopic (exact) mass is 578 g/mol. The van der Waals surface area contributed by atoms with Gasteiger partial charge in [-0.05, 0) is 44.7 Å². The van der Waals surface area contributed by atoms with Crippen LogP contribution in [0.25, 0.3) is 0 Å². The van der Waals surface area contributed by atoms with E-state index in [0.717, 1.165) is 31.4 Å². The van der Waals surface area contributed by atoms with Crippen molar-refractivity contribution in [3.63, 3.8) is 0 Å². The molecule has 10 nitrogen and oxygen atoms in total. The van der Waals surface area contributed by atoms with Crippen molar-refractivity contribution < 1.29 is 29.0 Å². The van der Waals surface area contributed by atoms with Crippen molar-refractivity contribution in [2.45, 2.75) is 75.6 Å². The molecule has 2 aliphatic heterocycles. The second kappa shape index (κ2) is 13.7. The van der Waals surface area contributed by atoms with Crippen LogP contribution in [0.5, 0.6) is 5.75 Å². The van der Waals surface area contributed by atoms with Crippen molar-refractivity contribution in [3.05, 3.63) is 60.7 Å². The summed E-state index contributed by atoms with van der Waals surface area (Å²) in [6.07, 6.45) is 11.5. The summed E-state index contributed by atoms with van der Waals surface area (Å²) in [5, 5.41) is 16.2. The molecule has 2 amide bonds. The summed E-state index contributed by atoms with van der Waals surface area (Å²) in [6.45, 7) is 6.02. The van der Waals surface area contributed by atoms with Gasteiger partial charge in [0, 0.05) is 36.7 Å². The van der Waals surface area contributed by atoms with Crippen LogP contribution in [0, 0.1) is 5.92 Å². The van der Waals surface area contributed by atoms with Gasteiger partial charge in [-0.3, -0.25) is 14.6 Å². The molecule has 3 N–H and O–H groups in total. The van der Waals surface area contributed by atoms with Gasteiger partial charge in [0.2, 0.25) is 17.7 Å². The molecule has 0 aromatic heterocycles. The summed E-state index contributed by atoms with van der Waals surface area (Å²) in [7, 11) is 3.19. The summed E-state index contributed by atoms with van der Waals surface area (Å²) in [5.41, 5.74) is -0.0545. The maximum atomic E-state index is 14.2. The Morgan fingerprint density at radius 3 is 2.81 bits per heavy atom. The molecule has 1 aromatic rings. The lowest BCUT2D eigenvalue weighted by Gasteiger charge is -2.30. The fraction of sp³-hybridized carbons (Fsp3) is 0.500. The number of nitrogens with one attached hydrogen (secondary N) is 2. The van der Waals surface area contributed by atoms with Crippen LogP contribution in [0.15, 0.2) is 65.7 Å². The third-order valence-electron chi connectivity index (χ3n) is 8.16. The fourth-order valence-electron chi connectivity index (χ4n) is 5.76. The number of methoxy groups -OCH3 is 1. The van der Waals surface area contributed by atoms with Crippen molar-refractivity contribution in [2.24, 2.45) is 10.9 Å². The number of allylic oxidation sites excluding steroid dienone is 2. The van der Waals surface area contributed by atoms with Crippen LogP contribution in [-0.2, 0) is 19.1 Å². The predicted molar refractivity (Wildman–Crippen MR) is 162 cm³/mol. The predicted octanol–water partition coefficient (Wildman–Crippen LogP) is 4.10. The Morgan fingerprint density at radius 2 is 2.10 bits per heavy atom. The summed E-state index contributed by atoms with van der Waals surface area (Å²) in [4.78, 5) is 46.0. The third-order valence-corrected chi connectivity index (χ3v) is 8.16. The van der Waals surface area contributed by atoms with E-state index in [9.17, 15) is 19.5 Å². The van der Waals surface area contributed by atoms with E-state index in [1.165, 1.54) is 4.90 Å². The van der Waals surface area contributed by atoms with Gasteiger partial charge in [-0.25, -0.2) is 4.79 Å². The van der Waals surface area contributed by atoms with Gasteiger partial charge in [-0.15, -0.1) is 0 Å². The number of fused-ring (bicyclic) bond motifs is 2. The van der Waals surface area contributed by atoms with Gasteiger partial charge in [-0.1, -0.05) is 49.8 Å². The van der Waals surface area contributed by atoms with Crippen molar-refractivity contribution in [3.8, 4) is 5.75 Å². The number of rotatable bonds is 7. The number of carbonyl (C=O) groups excluding carboxylic acids is 2. The van der Waals surface area contributed by atoms with Crippen LogP contribution in [0.2, 0.25) is 0 Å². The number of carbonyl (C=O) groups is 3. The number of nitrogens with zero attached hydrogens (tertiary/aromatic N) is 2. The number of anilines is 1. The first kappa shape index (κ1) is 30.9. The van der Waals surface area contributed by atoms with Gasteiger partial charge >= 0.3 is 5.97 Å². The number of hydrogen-bond donors (Lipinski definition) is 3. The Balaban J connectivity index is 1.65. The highest BCUT2D eigenvalue weighted by atomic mass is 16.5. The molecule has 5 atom stereocenters. The van der Waals surface area contributed by atoms with Gasteiger partial charge in [0.25, 0.3) is 0 Å². The van der Waals surface area contributed by atoms with Gasteiger partial charge in [0.1, 0.15) is 29.5 Å². The molecule has 0 bridgehead atoms. The zero-order valence-electron chi connectivity index (χ0n) is 24.7. The Hall–Kier alpha value is -4.08. The summed E-state index contributed by atoms with van der Waals surface area (Å²) in [6, 6.07) is 5.87. The second-order valence-electron chi connectivity index (χ2n) is 11.1. The number of carboxylic acid groups (broad SMARTS) is 1. The van der Waals surface area contributed by atoms with Crippen LogP contribution < -0.4 is 15.4 Å². The molecule has 42 heavy (non-hydrogen) atoms. The number of hydrogen-bond acceptors (Lipinski definition) is 7. The first-order valence-corrected chi connectivity index (χ1v) is 14.6. The zero-order chi connectivity index (χ0) is 30.3. The molecular formula is C32H42N4O6. The van der Waals surface area contributed by atoms with Crippen LogP contribution in [0.1, 0.15) is 51.9 Å². The number of carboxylic acids is 1. The second-order valence-corrected chi connectivity index (χ2v) is 11.1. The third kappa shape index (κ3) is 7.03. The zero-order valence-corrected chi connectivity index (χ0v) is 24.7. The highest BCUT2D eigenvalue weighted by Gasteiger charge is 2.61. The standard InChI is InChI=1S/C32H42N4O6/c1-5-12-21(2)29(33-3)42-25-18-27-28(37)35-32(31(39)40)19-22(32)13-9-7-6-8-10-16-26(30(38)36(27)20-25)34-23-14-11-15-24(17-23)41-4/h5,9,11-15,17,22,25-27,34H,2,6-8,10,16,18-20H2,1,3-4H3,(H,35,37)(H,39,40)/b12-5-,13-9-,33-29+/t22-,25-,26+,27+,32-/m1/s1. The normalized spacial score (nSPS) is 29.4. The minimum Gasteiger partial charge on any atom is -0.497 e. The highest BCUT2D eigenvalue weighted by Crippen LogP contribution is 2.45. The molecule has 0 radical (unpaired) electrons. The average molecular weight is 579 g/mol. The highest BCUT2D eigenvalue weighted by molar-refractivity contribution is 5.97. The fourth-order valence-corrected chi connectivity index (χ4v) is 5.76. The Labute approximate surface area is 247 Å². The first-order valence-electron chi connectivity index (χ1n) is 14.6. The molecule has 4 rings (SSSR count). The molecule has 3 aliphatic rings. The average Bonchev–Trinajstić information content (AvgIpc) is 3.51. The van der Waals surface area contributed by atoms with Crippen molar-refractivity contribution in [2.75, 3.05) is 26.0 Å². The maximum absolute atomic E-state index is 14.2. The van der Waals surface area contributed by atoms with Gasteiger partial charge in [-0.2, -0.15) is 0 Å². The Kier molecular flexibility index (Phi) is 10.1. The van der Waals surface area contributed by atoms with E-state index in [4.69, 9.17) is 9.47 Å². The van der Waals surface area contributed by atoms with Crippen molar-refractivity contribution in [1.29, 1.82) is 0 Å². The topological polar surface area (TPSA) is 130 Å². The molecule has 1 aromatic carbocycles. The quantitative estimate of drug-likeness (QED) is 0.192. The molecule has 1 saturated heterocycles. The maximum Gasteiger partial charge on any atom is 0.330 e. The van der Waals surface area contributed by atoms with Crippen LogP contribution in [0.4, 0.5) is 5.69 Å². The lowest BCUT2D eigenvalue weighted by Crippen LogP contribution is -2.55. The van der Waals surface area contributed by atoms with E-state index in [0.29, 0.717) is 30.1 Å². The van der Waals surface area contributed by atoms with Crippen LogP contribution in [0.3, 0.4) is 0 Å². The largest absolute Gasteiger partial charge is 0.497 e. The van der Waals surface area contributed by atoms with Gasteiger partial charge < -0.3 is 30.1 Å². The van der Waals surface area contributed by atoms with E-state index in [1.54, 1.807) is 20.2 Å². The number of amides is 2. The number of aliphatic imine (C=N–C) groups is 1. The minimum atomic E-state index is -1.37. The molecule has 10 heteroatoms. The van der Waals surface area contributed by atoms with Crippen molar-refractivity contribution in [1.82, 2.24) is 10.2 Å². The lowest BCUT2D eigenvalue weighted by atomic mass is 10.0. The Bertz CT molecular complexity index is 1270. The van der Waals surface area contributed by atoms with Gasteiger partial charge in [0.05, 0.1) is 13.7 Å². The molecule has 0 unspecified atom stereocenters. The van der Waals surface area contributed by atoms with Crippen molar-refractivity contribution >= 4 is 29.4 Å². The van der Waals surface area contributed by atoms with E-state index in [2.05, 4.69) is 22.2 Å². The summed E-state index contributed by atoms with van der Waals surface area (Å²) >= 11 is 0. The number of benzene rings is 1. The van der Waals surface area contributed by atoms with E-state index in [-0.39, 0.29) is 24.8 Å². The lowest BCUT2D eigenvalue weighted by molar-refractivity contribution is -0.145. The minimum absolute atomic E-state index is 0.152. The SMILES string of the molecule is C=C(/C=C\C)/C(=N\C)O[C@@H]1C[C@H]2C(=O)N[C@]3(C(=O)O)C[C@H]3/C=C\CCCCC[C@H](Nc3cccc(OC)c3)C(=O)N2C1. The Morgan fingerprint density at radius 1 is 1.29 bits per heavy atom. The van der Waals surface area contributed by atoms with Crippen LogP contribution in [-0.4, -0.2) is 78.1 Å². The van der Waals surface area contributed by atoms with Crippen LogP contribution >= 0.6 is 0 Å².